The zero-order chi connectivity index (χ0) is 15.9. The first-order chi connectivity index (χ1) is 10.5. The number of hydrogen-bond donors (Lipinski definition) is 1. The molecule has 116 valence electrons. The van der Waals surface area contributed by atoms with Crippen molar-refractivity contribution >= 4 is 23.3 Å². The number of carbonyl (C=O) groups is 1. The Bertz CT molecular complexity index is 623. The van der Waals surface area contributed by atoms with Crippen LogP contribution in [0.2, 0.25) is 5.02 Å². The first kappa shape index (κ1) is 16.4. The Morgan fingerprint density at radius 1 is 1.18 bits per heavy atom. The summed E-state index contributed by atoms with van der Waals surface area (Å²) in [6.07, 6.45) is 0. The molecule has 0 radical (unpaired) electrons. The number of benzene rings is 2. The van der Waals surface area contributed by atoms with Gasteiger partial charge in [-0.25, -0.2) is 4.79 Å². The zero-order valence-corrected chi connectivity index (χ0v) is 13.6. The second-order valence-electron chi connectivity index (χ2n) is 5.55. The highest BCUT2D eigenvalue weighted by molar-refractivity contribution is 6.30. The van der Waals surface area contributed by atoms with Crippen molar-refractivity contribution in [2.45, 2.75) is 20.4 Å². The molecule has 0 aliphatic carbocycles. The van der Waals surface area contributed by atoms with Gasteiger partial charge >= 0.3 is 5.97 Å². The normalized spacial score (nSPS) is 10.5. The molecule has 0 bridgehead atoms. The molecule has 0 saturated carbocycles. The molecular formula is C18H20ClNO2. The molecule has 1 N–H and O–H groups in total. The molecule has 0 fully saturated rings. The van der Waals surface area contributed by atoms with E-state index < -0.39 is 0 Å². The van der Waals surface area contributed by atoms with Crippen LogP contribution >= 0.6 is 11.6 Å². The molecule has 2 rings (SSSR count). The van der Waals surface area contributed by atoms with Crippen LogP contribution in [0.15, 0.2) is 48.5 Å². The van der Waals surface area contributed by atoms with Gasteiger partial charge in [0.25, 0.3) is 0 Å². The second kappa shape index (κ2) is 7.85. The molecule has 22 heavy (non-hydrogen) atoms. The molecule has 0 spiro atoms. The quantitative estimate of drug-likeness (QED) is 0.780. The van der Waals surface area contributed by atoms with Gasteiger partial charge in [-0.3, -0.25) is 0 Å². The minimum atomic E-state index is -0.288. The summed E-state index contributed by atoms with van der Waals surface area (Å²) in [7, 11) is 0. The number of hydrogen-bond acceptors (Lipinski definition) is 3. The lowest BCUT2D eigenvalue weighted by Gasteiger charge is -2.10. The fraction of sp³-hybridized carbons (Fsp3) is 0.278. The van der Waals surface area contributed by atoms with Gasteiger partial charge in [-0.1, -0.05) is 43.6 Å². The third kappa shape index (κ3) is 5.08. The molecule has 0 aliphatic rings. The smallest absolute Gasteiger partial charge is 0.338 e. The molecule has 0 amide bonds. The summed E-state index contributed by atoms with van der Waals surface area (Å²) in [5, 5.41) is 4.01. The van der Waals surface area contributed by atoms with Gasteiger partial charge in [0.1, 0.15) is 0 Å². The van der Waals surface area contributed by atoms with E-state index in [0.717, 1.165) is 16.3 Å². The number of nitrogens with one attached hydrogen (secondary N) is 1. The Morgan fingerprint density at radius 2 is 1.91 bits per heavy atom. The van der Waals surface area contributed by atoms with E-state index in [1.165, 1.54) is 0 Å². The van der Waals surface area contributed by atoms with Gasteiger partial charge in [0.15, 0.2) is 0 Å². The van der Waals surface area contributed by atoms with E-state index in [2.05, 4.69) is 5.32 Å². The highest BCUT2D eigenvalue weighted by Crippen LogP contribution is 2.15. The van der Waals surface area contributed by atoms with Gasteiger partial charge in [-0.2, -0.15) is 0 Å². The van der Waals surface area contributed by atoms with Gasteiger partial charge in [-0.05, 0) is 41.8 Å². The third-order valence-corrected chi connectivity index (χ3v) is 3.31. The van der Waals surface area contributed by atoms with E-state index in [-0.39, 0.29) is 5.97 Å². The van der Waals surface area contributed by atoms with Crippen LogP contribution < -0.4 is 5.32 Å². The molecule has 0 heterocycles. The Hall–Kier alpha value is -2.00. The predicted octanol–water partition coefficient (Wildman–Crippen LogP) is 4.76. The lowest BCUT2D eigenvalue weighted by Crippen LogP contribution is -2.10. The van der Waals surface area contributed by atoms with Crippen LogP contribution in [0.5, 0.6) is 0 Å². The molecule has 2 aromatic rings. The number of ether oxygens (including phenoxy) is 1. The Morgan fingerprint density at radius 3 is 2.59 bits per heavy atom. The van der Waals surface area contributed by atoms with E-state index in [9.17, 15) is 4.79 Å². The number of carbonyl (C=O) groups excluding carboxylic acids is 1. The van der Waals surface area contributed by atoms with Crippen molar-refractivity contribution in [2.24, 2.45) is 5.92 Å². The summed E-state index contributed by atoms with van der Waals surface area (Å²) in [5.41, 5.74) is 2.56. The molecule has 0 unspecified atom stereocenters. The van der Waals surface area contributed by atoms with E-state index in [0.29, 0.717) is 24.6 Å². The van der Waals surface area contributed by atoms with Crippen LogP contribution in [0, 0.1) is 5.92 Å². The minimum absolute atomic E-state index is 0.288. The number of esters is 1. The standard InChI is InChI=1S/C18H20ClNO2/c1-13(2)12-22-18(21)15-4-3-5-17(10-15)20-11-14-6-8-16(19)9-7-14/h3-10,13,20H,11-12H2,1-2H3. The van der Waals surface area contributed by atoms with Gasteiger partial charge in [0.05, 0.1) is 12.2 Å². The van der Waals surface area contributed by atoms with Gasteiger partial charge in [-0.15, -0.1) is 0 Å². The van der Waals surface area contributed by atoms with E-state index in [1.807, 2.05) is 50.2 Å². The van der Waals surface area contributed by atoms with Crippen molar-refractivity contribution in [2.75, 3.05) is 11.9 Å². The van der Waals surface area contributed by atoms with Crippen LogP contribution in [0.1, 0.15) is 29.8 Å². The minimum Gasteiger partial charge on any atom is -0.462 e. The first-order valence-electron chi connectivity index (χ1n) is 7.30. The lowest BCUT2D eigenvalue weighted by molar-refractivity contribution is 0.0459. The van der Waals surface area contributed by atoms with E-state index >= 15 is 0 Å². The van der Waals surface area contributed by atoms with Crippen molar-refractivity contribution in [3.05, 3.63) is 64.7 Å². The summed E-state index contributed by atoms with van der Waals surface area (Å²) in [4.78, 5) is 11.9. The molecule has 0 atom stereocenters. The molecule has 0 aromatic heterocycles. The monoisotopic (exact) mass is 317 g/mol. The van der Waals surface area contributed by atoms with Gasteiger partial charge < -0.3 is 10.1 Å². The largest absolute Gasteiger partial charge is 0.462 e. The number of anilines is 1. The summed E-state index contributed by atoms with van der Waals surface area (Å²) in [6, 6.07) is 15.0. The van der Waals surface area contributed by atoms with E-state index in [1.54, 1.807) is 12.1 Å². The molecule has 3 nitrogen and oxygen atoms in total. The third-order valence-electron chi connectivity index (χ3n) is 3.06. The van der Waals surface area contributed by atoms with Crippen LogP contribution in [0.25, 0.3) is 0 Å². The molecule has 0 saturated heterocycles. The van der Waals surface area contributed by atoms with Crippen molar-refractivity contribution in [3.8, 4) is 0 Å². The Kier molecular flexibility index (Phi) is 5.84. The summed E-state index contributed by atoms with van der Waals surface area (Å²) in [6.45, 7) is 5.12. The van der Waals surface area contributed by atoms with Crippen molar-refractivity contribution in [3.63, 3.8) is 0 Å². The number of rotatable bonds is 6. The Balaban J connectivity index is 1.96. The lowest BCUT2D eigenvalue weighted by atomic mass is 10.2. The molecule has 4 heteroatoms. The SMILES string of the molecule is CC(C)COC(=O)c1cccc(NCc2ccc(Cl)cc2)c1. The topological polar surface area (TPSA) is 38.3 Å². The van der Waals surface area contributed by atoms with Gasteiger partial charge in [0.2, 0.25) is 0 Å². The fourth-order valence-electron chi connectivity index (χ4n) is 1.89. The average Bonchev–Trinajstić information content (AvgIpc) is 2.52. The van der Waals surface area contributed by atoms with Crippen molar-refractivity contribution in [1.29, 1.82) is 0 Å². The van der Waals surface area contributed by atoms with Crippen molar-refractivity contribution in [1.82, 2.24) is 0 Å². The van der Waals surface area contributed by atoms with Crippen LogP contribution in [-0.2, 0) is 11.3 Å². The maximum Gasteiger partial charge on any atom is 0.338 e. The molecular weight excluding hydrogens is 298 g/mol. The zero-order valence-electron chi connectivity index (χ0n) is 12.8. The van der Waals surface area contributed by atoms with Crippen LogP contribution in [-0.4, -0.2) is 12.6 Å². The predicted molar refractivity (Wildman–Crippen MR) is 90.3 cm³/mol. The summed E-state index contributed by atoms with van der Waals surface area (Å²) < 4.78 is 5.24. The second-order valence-corrected chi connectivity index (χ2v) is 5.99. The van der Waals surface area contributed by atoms with Crippen molar-refractivity contribution < 1.29 is 9.53 Å². The highest BCUT2D eigenvalue weighted by atomic mass is 35.5. The maximum atomic E-state index is 11.9. The fourth-order valence-corrected chi connectivity index (χ4v) is 2.01. The molecule has 2 aromatic carbocycles. The maximum absolute atomic E-state index is 11.9. The summed E-state index contributed by atoms with van der Waals surface area (Å²) >= 11 is 5.86. The first-order valence-corrected chi connectivity index (χ1v) is 7.68. The van der Waals surface area contributed by atoms with Crippen LogP contribution in [0.4, 0.5) is 5.69 Å². The average molecular weight is 318 g/mol. The van der Waals surface area contributed by atoms with Gasteiger partial charge in [0, 0.05) is 17.3 Å². The Labute approximate surface area is 136 Å². The highest BCUT2D eigenvalue weighted by Gasteiger charge is 2.08. The number of halogens is 1. The summed E-state index contributed by atoms with van der Waals surface area (Å²) in [5.74, 6) is 0.0407. The van der Waals surface area contributed by atoms with Crippen LogP contribution in [0.3, 0.4) is 0 Å². The molecule has 0 aliphatic heterocycles. The van der Waals surface area contributed by atoms with E-state index in [4.69, 9.17) is 16.3 Å².